The van der Waals surface area contributed by atoms with Crippen molar-refractivity contribution in [3.63, 3.8) is 0 Å². The van der Waals surface area contributed by atoms with Crippen molar-refractivity contribution in [2.45, 2.75) is 49.2 Å². The normalized spacial score (nSPS) is 13.5. The molecule has 0 bridgehead atoms. The van der Waals surface area contributed by atoms with Crippen molar-refractivity contribution >= 4 is 79.5 Å². The van der Waals surface area contributed by atoms with Gasteiger partial charge in [0.2, 0.25) is 5.91 Å². The molecule has 4 aromatic rings. The van der Waals surface area contributed by atoms with Crippen LogP contribution in [0.25, 0.3) is 6.08 Å². The van der Waals surface area contributed by atoms with Crippen molar-refractivity contribution in [2.75, 3.05) is 17.7 Å². The van der Waals surface area contributed by atoms with Gasteiger partial charge in [0.1, 0.15) is 10.7 Å². The molecule has 0 saturated heterocycles. The summed E-state index contributed by atoms with van der Waals surface area (Å²) in [6.45, 7) is 1.79. The number of fused-ring (bicyclic) bond motifs is 1. The Bertz CT molecular complexity index is 1820. The van der Waals surface area contributed by atoms with Crippen LogP contribution in [0.15, 0.2) is 93.9 Å². The number of nitrogens with one attached hydrogen (secondary N) is 3. The summed E-state index contributed by atoms with van der Waals surface area (Å²) in [7, 11) is 1.36. The average molecular weight is 733 g/mol. The lowest BCUT2D eigenvalue weighted by molar-refractivity contribution is -0.115. The minimum Gasteiger partial charge on any atom is -0.465 e. The van der Waals surface area contributed by atoms with Crippen molar-refractivity contribution in [3.8, 4) is 0 Å². The van der Waals surface area contributed by atoms with Crippen molar-refractivity contribution in [1.82, 2.24) is 5.32 Å². The van der Waals surface area contributed by atoms with Gasteiger partial charge >= 0.3 is 5.97 Å². The maximum Gasteiger partial charge on any atom is 0.341 e. The van der Waals surface area contributed by atoms with Crippen LogP contribution in [0, 0.1) is 0 Å². The standard InChI is InChI=1S/C36H34BrN3O5S2/c1-22(32(41)40-35-31(36(44)45-2)28-17-7-4-8-18-30(28)47-35)46-27-16-10-15-26(21-27)38-34(43)29(20-23-11-9-14-25(37)19-23)39-33(42)24-12-5-3-6-13-24/h3,5-6,9-16,19-22H,4,7-8,17-18H2,1-2H3,(H,38,43)(H,39,42)(H,40,41)/b29-20+. The van der Waals surface area contributed by atoms with E-state index in [0.29, 0.717) is 21.8 Å². The van der Waals surface area contributed by atoms with Gasteiger partial charge in [0.05, 0.1) is 17.9 Å². The van der Waals surface area contributed by atoms with Crippen LogP contribution in [0.3, 0.4) is 0 Å². The number of carbonyl (C=O) groups is 4. The van der Waals surface area contributed by atoms with E-state index in [4.69, 9.17) is 4.74 Å². The van der Waals surface area contributed by atoms with Gasteiger partial charge in [0.25, 0.3) is 11.8 Å². The van der Waals surface area contributed by atoms with Gasteiger partial charge in [0.15, 0.2) is 0 Å². The van der Waals surface area contributed by atoms with Crippen LogP contribution in [-0.2, 0) is 27.2 Å². The number of hydrogen-bond donors (Lipinski definition) is 3. The summed E-state index contributed by atoms with van der Waals surface area (Å²) in [4.78, 5) is 54.4. The van der Waals surface area contributed by atoms with Crippen LogP contribution >= 0.6 is 39.0 Å². The SMILES string of the molecule is COC(=O)c1c(NC(=O)C(C)Sc2cccc(NC(=O)/C(=C\c3cccc(Br)c3)NC(=O)c3ccccc3)c2)sc2c1CCCCC2. The fourth-order valence-electron chi connectivity index (χ4n) is 5.17. The van der Waals surface area contributed by atoms with E-state index in [1.54, 1.807) is 55.5 Å². The molecule has 1 atom stereocenters. The maximum atomic E-state index is 13.5. The Kier molecular flexibility index (Phi) is 11.7. The van der Waals surface area contributed by atoms with E-state index in [1.807, 2.05) is 36.4 Å². The highest BCUT2D eigenvalue weighted by atomic mass is 79.9. The van der Waals surface area contributed by atoms with Crippen molar-refractivity contribution in [3.05, 3.63) is 116 Å². The lowest BCUT2D eigenvalue weighted by Crippen LogP contribution is -2.30. The first-order valence-electron chi connectivity index (χ1n) is 15.2. The van der Waals surface area contributed by atoms with Crippen LogP contribution < -0.4 is 16.0 Å². The highest BCUT2D eigenvalue weighted by molar-refractivity contribution is 9.10. The molecule has 11 heteroatoms. The van der Waals surface area contributed by atoms with Crippen molar-refractivity contribution in [2.24, 2.45) is 0 Å². The fourth-order valence-corrected chi connectivity index (χ4v) is 7.79. The summed E-state index contributed by atoms with van der Waals surface area (Å²) < 4.78 is 5.90. The van der Waals surface area contributed by atoms with Crippen molar-refractivity contribution in [1.29, 1.82) is 0 Å². The Balaban J connectivity index is 1.29. The second-order valence-corrected chi connectivity index (χ2v) is 14.4. The topological polar surface area (TPSA) is 114 Å². The summed E-state index contributed by atoms with van der Waals surface area (Å²) in [5, 5.41) is 8.63. The molecule has 5 rings (SSSR count). The number of amides is 3. The predicted molar refractivity (Wildman–Crippen MR) is 192 cm³/mol. The van der Waals surface area contributed by atoms with Gasteiger partial charge in [0, 0.05) is 25.5 Å². The lowest BCUT2D eigenvalue weighted by Gasteiger charge is -2.14. The van der Waals surface area contributed by atoms with E-state index in [0.717, 1.165) is 57.5 Å². The number of benzene rings is 3. The zero-order valence-corrected chi connectivity index (χ0v) is 29.2. The Morgan fingerprint density at radius 3 is 2.45 bits per heavy atom. The van der Waals surface area contributed by atoms with Crippen LogP contribution in [0.1, 0.15) is 62.9 Å². The molecule has 1 aliphatic carbocycles. The van der Waals surface area contributed by atoms with E-state index in [2.05, 4.69) is 31.9 Å². The monoisotopic (exact) mass is 731 g/mol. The first kappa shape index (κ1) is 34.2. The van der Waals surface area contributed by atoms with Gasteiger partial charge in [-0.2, -0.15) is 0 Å². The lowest BCUT2D eigenvalue weighted by atomic mass is 10.1. The molecule has 0 saturated carbocycles. The smallest absolute Gasteiger partial charge is 0.341 e. The van der Waals surface area contributed by atoms with Crippen molar-refractivity contribution < 1.29 is 23.9 Å². The molecule has 0 radical (unpaired) electrons. The fraction of sp³-hybridized carbons (Fsp3) is 0.222. The number of thioether (sulfide) groups is 1. The molecule has 242 valence electrons. The van der Waals surface area contributed by atoms with Crippen LogP contribution in [-0.4, -0.2) is 36.1 Å². The van der Waals surface area contributed by atoms with E-state index >= 15 is 0 Å². The molecule has 1 aliphatic rings. The summed E-state index contributed by atoms with van der Waals surface area (Å²) in [6, 6.07) is 23.2. The van der Waals surface area contributed by atoms with Gasteiger partial charge < -0.3 is 20.7 Å². The van der Waals surface area contributed by atoms with E-state index in [-0.39, 0.29) is 11.6 Å². The third-order valence-corrected chi connectivity index (χ3v) is 10.3. The Labute approximate surface area is 290 Å². The minimum absolute atomic E-state index is 0.0681. The molecule has 1 heterocycles. The molecule has 8 nitrogen and oxygen atoms in total. The maximum absolute atomic E-state index is 13.5. The zero-order chi connectivity index (χ0) is 33.3. The molecule has 0 spiro atoms. The third kappa shape index (κ3) is 9.00. The number of aryl methyl sites for hydroxylation is 1. The number of esters is 1. The highest BCUT2D eigenvalue weighted by Gasteiger charge is 2.27. The number of carbonyl (C=O) groups excluding carboxylic acids is 4. The summed E-state index contributed by atoms with van der Waals surface area (Å²) in [6.07, 6.45) is 6.46. The summed E-state index contributed by atoms with van der Waals surface area (Å²) in [5.41, 5.74) is 3.17. The largest absolute Gasteiger partial charge is 0.465 e. The van der Waals surface area contributed by atoms with Gasteiger partial charge in [-0.05, 0) is 92.3 Å². The third-order valence-electron chi connectivity index (χ3n) is 7.51. The molecule has 1 unspecified atom stereocenters. The number of anilines is 2. The molecular formula is C36H34BrN3O5S2. The number of halogens is 1. The second kappa shape index (κ2) is 16.1. The predicted octanol–water partition coefficient (Wildman–Crippen LogP) is 8.10. The first-order chi connectivity index (χ1) is 22.7. The van der Waals surface area contributed by atoms with E-state index in [1.165, 1.54) is 30.2 Å². The van der Waals surface area contributed by atoms with Gasteiger partial charge in [-0.15, -0.1) is 23.1 Å². The number of ether oxygens (including phenoxy) is 1. The number of rotatable bonds is 10. The molecule has 0 fully saturated rings. The number of thiophene rings is 1. The number of hydrogen-bond acceptors (Lipinski definition) is 7. The molecule has 3 N–H and O–H groups in total. The van der Waals surface area contributed by atoms with Gasteiger partial charge in [-0.25, -0.2) is 4.79 Å². The minimum atomic E-state index is -0.509. The molecule has 0 aliphatic heterocycles. The van der Waals surface area contributed by atoms with E-state index in [9.17, 15) is 19.2 Å². The number of methoxy groups -OCH3 is 1. The quantitative estimate of drug-likeness (QED) is 0.0658. The summed E-state index contributed by atoms with van der Waals surface area (Å²) >= 11 is 6.23. The second-order valence-electron chi connectivity index (χ2n) is 10.9. The molecule has 47 heavy (non-hydrogen) atoms. The first-order valence-corrected chi connectivity index (χ1v) is 17.7. The van der Waals surface area contributed by atoms with E-state index < -0.39 is 23.0 Å². The van der Waals surface area contributed by atoms with Gasteiger partial charge in [-0.1, -0.05) is 58.7 Å². The molecule has 3 amide bonds. The van der Waals surface area contributed by atoms with Crippen LogP contribution in [0.5, 0.6) is 0 Å². The molecule has 3 aromatic carbocycles. The Morgan fingerprint density at radius 2 is 1.68 bits per heavy atom. The van der Waals surface area contributed by atoms with Crippen LogP contribution in [0.4, 0.5) is 10.7 Å². The van der Waals surface area contributed by atoms with Gasteiger partial charge in [-0.3, -0.25) is 14.4 Å². The average Bonchev–Trinajstić information content (AvgIpc) is 3.23. The molecule has 1 aromatic heterocycles. The Hall–Kier alpha value is -4.19. The highest BCUT2D eigenvalue weighted by Crippen LogP contribution is 2.38. The molecular weight excluding hydrogens is 698 g/mol. The Morgan fingerprint density at radius 1 is 0.915 bits per heavy atom. The van der Waals surface area contributed by atoms with Crippen LogP contribution in [0.2, 0.25) is 0 Å². The summed E-state index contributed by atoms with van der Waals surface area (Å²) in [5.74, 6) is -1.59. The zero-order valence-electron chi connectivity index (χ0n) is 25.9.